The van der Waals surface area contributed by atoms with Crippen LogP contribution in [0.3, 0.4) is 0 Å². The maximum atomic E-state index is 5.42. The molecule has 4 nitrogen and oxygen atoms in total. The number of methoxy groups -OCH3 is 3. The third-order valence-corrected chi connectivity index (χ3v) is 3.21. The van der Waals surface area contributed by atoms with Crippen molar-refractivity contribution in [3.05, 3.63) is 16.1 Å². The third kappa shape index (κ3) is 3.04. The van der Waals surface area contributed by atoms with Crippen molar-refractivity contribution in [1.82, 2.24) is 5.32 Å². The molecule has 17 heavy (non-hydrogen) atoms. The minimum absolute atomic E-state index is 0.629. The molecule has 0 heterocycles. The van der Waals surface area contributed by atoms with Gasteiger partial charge in [0.25, 0.3) is 0 Å². The molecule has 0 amide bonds. The van der Waals surface area contributed by atoms with Gasteiger partial charge in [-0.1, -0.05) is 15.9 Å². The van der Waals surface area contributed by atoms with Gasteiger partial charge in [-0.05, 0) is 26.1 Å². The molecular formula is C12H18BrNO3. The van der Waals surface area contributed by atoms with Gasteiger partial charge < -0.3 is 19.5 Å². The number of nitrogens with one attached hydrogen (secondary N) is 1. The molecule has 0 fully saturated rings. The predicted octanol–water partition coefficient (Wildman–Crippen LogP) is 2.24. The molecule has 0 saturated heterocycles. The second-order valence-corrected chi connectivity index (χ2v) is 4.31. The summed E-state index contributed by atoms with van der Waals surface area (Å²) >= 11 is 3.53. The monoisotopic (exact) mass is 303 g/mol. The summed E-state index contributed by atoms with van der Waals surface area (Å²) in [5.74, 6) is 2.00. The Bertz CT molecular complexity index is 383. The van der Waals surface area contributed by atoms with Crippen LogP contribution in [0.15, 0.2) is 10.5 Å². The van der Waals surface area contributed by atoms with Crippen molar-refractivity contribution in [2.24, 2.45) is 0 Å². The summed E-state index contributed by atoms with van der Waals surface area (Å²) in [4.78, 5) is 0. The minimum atomic E-state index is 0.629. The minimum Gasteiger partial charge on any atom is -0.493 e. The van der Waals surface area contributed by atoms with Crippen LogP contribution < -0.4 is 19.5 Å². The van der Waals surface area contributed by atoms with E-state index in [1.54, 1.807) is 21.3 Å². The summed E-state index contributed by atoms with van der Waals surface area (Å²) in [7, 11) is 6.76. The Kier molecular flexibility index (Phi) is 5.58. The highest BCUT2D eigenvalue weighted by molar-refractivity contribution is 9.10. The van der Waals surface area contributed by atoms with Crippen LogP contribution in [-0.2, 0) is 6.42 Å². The van der Waals surface area contributed by atoms with Crippen molar-refractivity contribution >= 4 is 15.9 Å². The fourth-order valence-corrected chi connectivity index (χ4v) is 2.26. The molecule has 96 valence electrons. The van der Waals surface area contributed by atoms with Gasteiger partial charge in [-0.25, -0.2) is 0 Å². The molecule has 0 aliphatic heterocycles. The SMILES string of the molecule is CNCCc1c(Br)cc(OC)c(OC)c1OC. The number of ether oxygens (including phenoxy) is 3. The first-order chi connectivity index (χ1) is 8.19. The maximum absolute atomic E-state index is 5.42. The van der Waals surface area contributed by atoms with Crippen molar-refractivity contribution in [3.63, 3.8) is 0 Å². The second kappa shape index (κ2) is 6.71. The average molecular weight is 304 g/mol. The zero-order valence-electron chi connectivity index (χ0n) is 10.6. The summed E-state index contributed by atoms with van der Waals surface area (Å²) in [5, 5.41) is 3.11. The molecule has 5 heteroatoms. The lowest BCUT2D eigenvalue weighted by molar-refractivity contribution is 0.321. The highest BCUT2D eigenvalue weighted by Crippen LogP contribution is 2.43. The first-order valence-electron chi connectivity index (χ1n) is 5.31. The summed E-state index contributed by atoms with van der Waals surface area (Å²) < 4.78 is 17.0. The lowest BCUT2D eigenvalue weighted by Gasteiger charge is -2.17. The summed E-state index contributed by atoms with van der Waals surface area (Å²) in [6.07, 6.45) is 0.848. The van der Waals surface area contributed by atoms with E-state index in [4.69, 9.17) is 14.2 Å². The highest BCUT2D eigenvalue weighted by Gasteiger charge is 2.18. The van der Waals surface area contributed by atoms with E-state index >= 15 is 0 Å². The van der Waals surface area contributed by atoms with E-state index in [1.807, 2.05) is 13.1 Å². The van der Waals surface area contributed by atoms with E-state index in [0.29, 0.717) is 17.2 Å². The zero-order chi connectivity index (χ0) is 12.8. The molecule has 1 rings (SSSR count). The molecule has 1 aromatic carbocycles. The number of halogens is 1. The molecule has 0 unspecified atom stereocenters. The maximum Gasteiger partial charge on any atom is 0.203 e. The number of rotatable bonds is 6. The molecule has 0 bridgehead atoms. The number of hydrogen-bond donors (Lipinski definition) is 1. The van der Waals surface area contributed by atoms with Gasteiger partial charge >= 0.3 is 0 Å². The fourth-order valence-electron chi connectivity index (χ4n) is 1.67. The Morgan fingerprint density at radius 3 is 2.24 bits per heavy atom. The van der Waals surface area contributed by atoms with E-state index in [0.717, 1.165) is 23.0 Å². The van der Waals surface area contributed by atoms with E-state index in [-0.39, 0.29) is 0 Å². The molecule has 1 N–H and O–H groups in total. The molecule has 0 radical (unpaired) electrons. The summed E-state index contributed by atoms with van der Waals surface area (Å²) in [6, 6.07) is 1.90. The van der Waals surface area contributed by atoms with Crippen LogP contribution in [0.25, 0.3) is 0 Å². The van der Waals surface area contributed by atoms with E-state index in [9.17, 15) is 0 Å². The summed E-state index contributed by atoms with van der Waals surface area (Å²) in [5.41, 5.74) is 1.07. The van der Waals surface area contributed by atoms with Crippen molar-refractivity contribution in [1.29, 1.82) is 0 Å². The van der Waals surface area contributed by atoms with Gasteiger partial charge in [0.2, 0.25) is 5.75 Å². The van der Waals surface area contributed by atoms with Crippen molar-refractivity contribution in [3.8, 4) is 17.2 Å². The van der Waals surface area contributed by atoms with Gasteiger partial charge in [-0.2, -0.15) is 0 Å². The summed E-state index contributed by atoms with van der Waals surface area (Å²) in [6.45, 7) is 0.866. The number of benzene rings is 1. The Labute approximate surface area is 110 Å². The zero-order valence-corrected chi connectivity index (χ0v) is 12.2. The normalized spacial score (nSPS) is 10.2. The molecule has 1 aromatic rings. The molecule has 0 spiro atoms. The predicted molar refractivity (Wildman–Crippen MR) is 71.4 cm³/mol. The highest BCUT2D eigenvalue weighted by atomic mass is 79.9. The van der Waals surface area contributed by atoms with Gasteiger partial charge in [-0.15, -0.1) is 0 Å². The fraction of sp³-hybridized carbons (Fsp3) is 0.500. The van der Waals surface area contributed by atoms with Gasteiger partial charge in [0.1, 0.15) is 0 Å². The largest absolute Gasteiger partial charge is 0.493 e. The van der Waals surface area contributed by atoms with Gasteiger partial charge in [0.05, 0.1) is 21.3 Å². The van der Waals surface area contributed by atoms with Crippen LogP contribution in [0, 0.1) is 0 Å². The van der Waals surface area contributed by atoms with Crippen molar-refractivity contribution in [2.75, 3.05) is 34.9 Å². The molecular weight excluding hydrogens is 286 g/mol. The van der Waals surface area contributed by atoms with Gasteiger partial charge in [-0.3, -0.25) is 0 Å². The van der Waals surface area contributed by atoms with Gasteiger partial charge in [0.15, 0.2) is 11.5 Å². The number of hydrogen-bond acceptors (Lipinski definition) is 4. The first kappa shape index (κ1) is 14.1. The van der Waals surface area contributed by atoms with Gasteiger partial charge in [0, 0.05) is 10.0 Å². The Hall–Kier alpha value is -0.940. The third-order valence-electron chi connectivity index (χ3n) is 2.50. The van der Waals surface area contributed by atoms with Crippen molar-refractivity contribution < 1.29 is 14.2 Å². The quantitative estimate of drug-likeness (QED) is 0.875. The Morgan fingerprint density at radius 2 is 1.76 bits per heavy atom. The van der Waals surface area contributed by atoms with Crippen LogP contribution in [-0.4, -0.2) is 34.9 Å². The Balaban J connectivity index is 3.27. The second-order valence-electron chi connectivity index (χ2n) is 3.46. The smallest absolute Gasteiger partial charge is 0.203 e. The van der Waals surface area contributed by atoms with Crippen LogP contribution in [0.4, 0.5) is 0 Å². The number of likely N-dealkylation sites (N-methyl/N-ethyl adjacent to an activating group) is 1. The van der Waals surface area contributed by atoms with Crippen LogP contribution in [0.1, 0.15) is 5.56 Å². The van der Waals surface area contributed by atoms with Crippen molar-refractivity contribution in [2.45, 2.75) is 6.42 Å². The molecule has 0 saturated carbocycles. The Morgan fingerprint density at radius 1 is 1.12 bits per heavy atom. The van der Waals surface area contributed by atoms with Crippen LogP contribution >= 0.6 is 15.9 Å². The van der Waals surface area contributed by atoms with Crippen LogP contribution in [0.5, 0.6) is 17.2 Å². The topological polar surface area (TPSA) is 39.7 Å². The van der Waals surface area contributed by atoms with E-state index < -0.39 is 0 Å². The van der Waals surface area contributed by atoms with E-state index in [1.165, 1.54) is 0 Å². The molecule has 0 atom stereocenters. The average Bonchev–Trinajstić information content (AvgIpc) is 2.35. The molecule has 0 aromatic heterocycles. The lowest BCUT2D eigenvalue weighted by atomic mass is 10.1. The lowest BCUT2D eigenvalue weighted by Crippen LogP contribution is -2.12. The standard InChI is InChI=1S/C12H18BrNO3/c1-14-6-5-8-9(13)7-10(15-2)12(17-4)11(8)16-3/h7,14H,5-6H2,1-4H3. The molecule has 0 aliphatic carbocycles. The van der Waals surface area contributed by atoms with E-state index in [2.05, 4.69) is 21.2 Å². The first-order valence-corrected chi connectivity index (χ1v) is 6.10. The van der Waals surface area contributed by atoms with Crippen LogP contribution in [0.2, 0.25) is 0 Å². The molecule has 0 aliphatic rings.